The zero-order chi connectivity index (χ0) is 24.7. The van der Waals surface area contributed by atoms with E-state index in [0.29, 0.717) is 23.7 Å². The average Bonchev–Trinajstić information content (AvgIpc) is 2.88. The maximum atomic E-state index is 13.4. The predicted octanol–water partition coefficient (Wildman–Crippen LogP) is 5.86. The first-order valence-corrected chi connectivity index (χ1v) is 13.1. The molecule has 0 radical (unpaired) electrons. The minimum Gasteiger partial charge on any atom is -0.489 e. The molecule has 178 valence electrons. The van der Waals surface area contributed by atoms with E-state index >= 15 is 0 Å². The van der Waals surface area contributed by atoms with Gasteiger partial charge in [-0.1, -0.05) is 64.5 Å². The van der Waals surface area contributed by atoms with E-state index in [1.54, 1.807) is 66.7 Å². The van der Waals surface area contributed by atoms with E-state index < -0.39 is 15.9 Å². The van der Waals surface area contributed by atoms with Crippen molar-refractivity contribution in [2.24, 2.45) is 0 Å². The number of ether oxygens (including phenoxy) is 1. The van der Waals surface area contributed by atoms with E-state index in [4.69, 9.17) is 4.74 Å². The number of benzene rings is 4. The Balaban J connectivity index is 1.46. The molecule has 0 heterocycles. The van der Waals surface area contributed by atoms with Gasteiger partial charge >= 0.3 is 0 Å². The van der Waals surface area contributed by atoms with Crippen LogP contribution >= 0.6 is 15.9 Å². The molecule has 0 atom stereocenters. The lowest BCUT2D eigenvalue weighted by molar-refractivity contribution is -0.114. The molecule has 0 aliphatic carbocycles. The van der Waals surface area contributed by atoms with Crippen molar-refractivity contribution in [3.8, 4) is 5.75 Å². The zero-order valence-corrected chi connectivity index (χ0v) is 21.1. The van der Waals surface area contributed by atoms with Crippen LogP contribution in [0, 0.1) is 0 Å². The minimum atomic E-state index is -3.96. The Kier molecular flexibility index (Phi) is 7.84. The number of nitrogens with one attached hydrogen (secondary N) is 1. The standard InChI is InChI=1S/C27H23BrN2O4S/c28-22-11-15-24(16-12-22)30(35(32,33)26-9-5-2-6-10-26)19-27(31)29-23-13-17-25(18-14-23)34-20-21-7-3-1-4-8-21/h1-18H,19-20H2,(H,29,31). The van der Waals surface area contributed by atoms with Crippen molar-refractivity contribution in [1.29, 1.82) is 0 Å². The lowest BCUT2D eigenvalue weighted by Gasteiger charge is -2.24. The number of carbonyl (C=O) groups is 1. The maximum Gasteiger partial charge on any atom is 0.264 e. The molecule has 1 N–H and O–H groups in total. The molecule has 35 heavy (non-hydrogen) atoms. The maximum absolute atomic E-state index is 13.4. The molecule has 0 aromatic heterocycles. The van der Waals surface area contributed by atoms with Gasteiger partial charge in [-0.15, -0.1) is 0 Å². The molecule has 4 aromatic rings. The van der Waals surface area contributed by atoms with Gasteiger partial charge < -0.3 is 10.1 Å². The predicted molar refractivity (Wildman–Crippen MR) is 141 cm³/mol. The lowest BCUT2D eigenvalue weighted by Crippen LogP contribution is -2.38. The van der Waals surface area contributed by atoms with Crippen LogP contribution in [0.25, 0.3) is 0 Å². The summed E-state index contributed by atoms with van der Waals surface area (Å²) in [6, 6.07) is 31.6. The monoisotopic (exact) mass is 550 g/mol. The second-order valence-electron chi connectivity index (χ2n) is 7.65. The molecule has 0 saturated heterocycles. The lowest BCUT2D eigenvalue weighted by atomic mass is 10.2. The normalized spacial score (nSPS) is 11.0. The summed E-state index contributed by atoms with van der Waals surface area (Å²) in [6.07, 6.45) is 0. The Hall–Kier alpha value is -3.62. The highest BCUT2D eigenvalue weighted by atomic mass is 79.9. The molecule has 0 bridgehead atoms. The highest BCUT2D eigenvalue weighted by Crippen LogP contribution is 2.25. The van der Waals surface area contributed by atoms with Gasteiger partial charge in [-0.25, -0.2) is 8.42 Å². The summed E-state index contributed by atoms with van der Waals surface area (Å²) >= 11 is 3.36. The van der Waals surface area contributed by atoms with E-state index in [0.717, 1.165) is 14.3 Å². The highest BCUT2D eigenvalue weighted by Gasteiger charge is 2.27. The number of nitrogens with zero attached hydrogens (tertiary/aromatic N) is 1. The summed E-state index contributed by atoms with van der Waals surface area (Å²) in [5.41, 5.74) is 1.98. The van der Waals surface area contributed by atoms with Gasteiger partial charge in [0.25, 0.3) is 10.0 Å². The van der Waals surface area contributed by atoms with Crippen LogP contribution in [0.5, 0.6) is 5.75 Å². The minimum absolute atomic E-state index is 0.107. The number of halogens is 1. The number of anilines is 2. The Morgan fingerprint density at radius 2 is 1.40 bits per heavy atom. The number of sulfonamides is 1. The van der Waals surface area contributed by atoms with Crippen LogP contribution in [0.15, 0.2) is 119 Å². The molecule has 0 aliphatic heterocycles. The number of amides is 1. The molecule has 0 aliphatic rings. The van der Waals surface area contributed by atoms with Crippen molar-refractivity contribution >= 4 is 43.2 Å². The van der Waals surface area contributed by atoms with Crippen LogP contribution in [0.1, 0.15) is 5.56 Å². The van der Waals surface area contributed by atoms with Crippen molar-refractivity contribution < 1.29 is 17.9 Å². The van der Waals surface area contributed by atoms with Crippen LogP contribution in [-0.2, 0) is 21.4 Å². The van der Waals surface area contributed by atoms with E-state index in [9.17, 15) is 13.2 Å². The quantitative estimate of drug-likeness (QED) is 0.283. The van der Waals surface area contributed by atoms with Crippen LogP contribution in [-0.4, -0.2) is 20.9 Å². The summed E-state index contributed by atoms with van der Waals surface area (Å²) in [7, 11) is -3.96. The third-order valence-electron chi connectivity index (χ3n) is 5.12. The molecule has 0 fully saturated rings. The van der Waals surface area contributed by atoms with Crippen LogP contribution in [0.4, 0.5) is 11.4 Å². The second-order valence-corrected chi connectivity index (χ2v) is 10.4. The summed E-state index contributed by atoms with van der Waals surface area (Å²) in [6.45, 7) is 0.0527. The van der Waals surface area contributed by atoms with Gasteiger partial charge in [-0.05, 0) is 66.2 Å². The fourth-order valence-corrected chi connectivity index (χ4v) is 5.05. The van der Waals surface area contributed by atoms with E-state index in [2.05, 4.69) is 21.2 Å². The van der Waals surface area contributed by atoms with Gasteiger partial charge in [0.15, 0.2) is 0 Å². The van der Waals surface area contributed by atoms with Crippen molar-refractivity contribution in [1.82, 2.24) is 0 Å². The van der Waals surface area contributed by atoms with Crippen molar-refractivity contribution in [2.45, 2.75) is 11.5 Å². The molecule has 0 spiro atoms. The summed E-state index contributed by atoms with van der Waals surface area (Å²) in [4.78, 5) is 13.0. The third kappa shape index (κ3) is 6.49. The van der Waals surface area contributed by atoms with Crippen molar-refractivity contribution in [3.63, 3.8) is 0 Å². The number of carbonyl (C=O) groups excluding carboxylic acids is 1. The van der Waals surface area contributed by atoms with Crippen LogP contribution in [0.2, 0.25) is 0 Å². The summed E-state index contributed by atoms with van der Waals surface area (Å²) in [5, 5.41) is 2.77. The Morgan fingerprint density at radius 3 is 2.03 bits per heavy atom. The van der Waals surface area contributed by atoms with Crippen molar-refractivity contribution in [3.05, 3.63) is 119 Å². The molecular formula is C27H23BrN2O4S. The molecule has 0 unspecified atom stereocenters. The topological polar surface area (TPSA) is 75.7 Å². The van der Waals surface area contributed by atoms with Gasteiger partial charge in [-0.2, -0.15) is 0 Å². The molecule has 0 saturated carbocycles. The molecule has 4 aromatic carbocycles. The fraction of sp³-hybridized carbons (Fsp3) is 0.0741. The summed E-state index contributed by atoms with van der Waals surface area (Å²) in [5.74, 6) is 0.195. The van der Waals surface area contributed by atoms with E-state index in [-0.39, 0.29) is 11.4 Å². The third-order valence-corrected chi connectivity index (χ3v) is 7.44. The first-order valence-electron chi connectivity index (χ1n) is 10.8. The number of hydrogen-bond donors (Lipinski definition) is 1. The van der Waals surface area contributed by atoms with E-state index in [1.165, 1.54) is 12.1 Å². The second kappa shape index (κ2) is 11.2. The first kappa shape index (κ1) is 24.5. The molecular weight excluding hydrogens is 528 g/mol. The number of rotatable bonds is 9. The first-order chi connectivity index (χ1) is 16.9. The Bertz CT molecular complexity index is 1360. The Morgan fingerprint density at radius 1 is 0.800 bits per heavy atom. The van der Waals surface area contributed by atoms with E-state index in [1.807, 2.05) is 30.3 Å². The zero-order valence-electron chi connectivity index (χ0n) is 18.7. The summed E-state index contributed by atoms with van der Waals surface area (Å²) < 4.78 is 34.4. The molecule has 1 amide bonds. The van der Waals surface area contributed by atoms with Crippen molar-refractivity contribution in [2.75, 3.05) is 16.2 Å². The van der Waals surface area contributed by atoms with Crippen LogP contribution in [0.3, 0.4) is 0 Å². The van der Waals surface area contributed by atoms with Gasteiger partial charge in [0.1, 0.15) is 18.9 Å². The number of hydrogen-bond acceptors (Lipinski definition) is 4. The Labute approximate surface area is 213 Å². The van der Waals surface area contributed by atoms with Gasteiger partial charge in [0.2, 0.25) is 5.91 Å². The van der Waals surface area contributed by atoms with Gasteiger partial charge in [-0.3, -0.25) is 9.10 Å². The van der Waals surface area contributed by atoms with Gasteiger partial charge in [0.05, 0.1) is 10.6 Å². The molecule has 8 heteroatoms. The van der Waals surface area contributed by atoms with Gasteiger partial charge in [0, 0.05) is 10.2 Å². The smallest absolute Gasteiger partial charge is 0.264 e. The molecule has 6 nitrogen and oxygen atoms in total. The van der Waals surface area contributed by atoms with Crippen LogP contribution < -0.4 is 14.4 Å². The largest absolute Gasteiger partial charge is 0.489 e. The average molecular weight is 551 g/mol. The fourth-order valence-electron chi connectivity index (χ4n) is 3.35. The molecule has 4 rings (SSSR count). The SMILES string of the molecule is O=C(CN(c1ccc(Br)cc1)S(=O)(=O)c1ccccc1)Nc1ccc(OCc2ccccc2)cc1. The highest BCUT2D eigenvalue weighted by molar-refractivity contribution is 9.10.